The first-order valence-electron chi connectivity index (χ1n) is 8.17. The van der Waals surface area contributed by atoms with Crippen LogP contribution in [0.25, 0.3) is 11.3 Å². The summed E-state index contributed by atoms with van der Waals surface area (Å²) in [7, 11) is 0. The van der Waals surface area contributed by atoms with E-state index in [-0.39, 0.29) is 43.7 Å². The van der Waals surface area contributed by atoms with Crippen LogP contribution in [0.4, 0.5) is 11.4 Å². The quantitative estimate of drug-likeness (QED) is 0.444. The van der Waals surface area contributed by atoms with Gasteiger partial charge in [0.2, 0.25) is 0 Å². The fourth-order valence-electron chi connectivity index (χ4n) is 3.32. The van der Waals surface area contributed by atoms with Crippen molar-refractivity contribution in [3.8, 4) is 17.1 Å². The van der Waals surface area contributed by atoms with Gasteiger partial charge in [-0.2, -0.15) is 0 Å². The van der Waals surface area contributed by atoms with Gasteiger partial charge in [0.15, 0.2) is 5.88 Å². The molecule has 1 amide bonds. The number of halogens is 2. The van der Waals surface area contributed by atoms with Crippen molar-refractivity contribution < 1.29 is 19.7 Å². The molecule has 0 fully saturated rings. The Morgan fingerprint density at radius 2 is 1.40 bits per heavy atom. The Morgan fingerprint density at radius 1 is 0.867 bits per heavy atom. The zero-order valence-corrected chi connectivity index (χ0v) is 16.1. The second-order valence-corrected chi connectivity index (χ2v) is 6.96. The molecule has 0 saturated heterocycles. The van der Waals surface area contributed by atoms with E-state index >= 15 is 0 Å². The summed E-state index contributed by atoms with van der Waals surface area (Å²) >= 11 is 12.3. The Bertz CT molecular complexity index is 1310. The van der Waals surface area contributed by atoms with E-state index < -0.39 is 33.0 Å². The first-order chi connectivity index (χ1) is 14.2. The van der Waals surface area contributed by atoms with Crippen molar-refractivity contribution in [2.45, 2.75) is 0 Å². The summed E-state index contributed by atoms with van der Waals surface area (Å²) in [5.74, 6) is -1.43. The van der Waals surface area contributed by atoms with Crippen molar-refractivity contribution >= 4 is 46.2 Å². The number of nitro groups is 2. The molecule has 0 atom stereocenters. The van der Waals surface area contributed by atoms with Gasteiger partial charge in [-0.3, -0.25) is 25.0 Å². The number of hydrogen-bond donors (Lipinski definition) is 2. The molecule has 1 aliphatic rings. The first kappa shape index (κ1) is 19.6. The number of fused-ring (bicyclic) bond motifs is 1. The largest absolute Gasteiger partial charge is 0.494 e. The molecule has 150 valence electrons. The summed E-state index contributed by atoms with van der Waals surface area (Å²) in [5.41, 5.74) is -1.82. The van der Waals surface area contributed by atoms with Crippen LogP contribution in [0.1, 0.15) is 21.5 Å². The fourth-order valence-corrected chi connectivity index (χ4v) is 3.85. The van der Waals surface area contributed by atoms with Gasteiger partial charge in [0.1, 0.15) is 0 Å². The molecule has 0 saturated carbocycles. The summed E-state index contributed by atoms with van der Waals surface area (Å²) in [4.78, 5) is 40.6. The first-order valence-corrected chi connectivity index (χ1v) is 8.92. The molecule has 12 heteroatoms. The van der Waals surface area contributed by atoms with Gasteiger partial charge in [-0.15, -0.1) is 0 Å². The molecule has 1 aliphatic heterocycles. The number of hydrogen-bond acceptors (Lipinski definition) is 6. The predicted octanol–water partition coefficient (Wildman–Crippen LogP) is 4.50. The molecule has 0 spiro atoms. The predicted molar refractivity (Wildman–Crippen MR) is 108 cm³/mol. The number of aromatic amines is 1. The highest BCUT2D eigenvalue weighted by Gasteiger charge is 2.39. The topological polar surface area (TPSA) is 152 Å². The van der Waals surface area contributed by atoms with Gasteiger partial charge >= 0.3 is 0 Å². The van der Waals surface area contributed by atoms with E-state index in [9.17, 15) is 30.1 Å². The second kappa shape index (κ2) is 6.94. The Labute approximate surface area is 176 Å². The van der Waals surface area contributed by atoms with E-state index in [0.717, 1.165) is 0 Å². The monoisotopic (exact) mass is 446 g/mol. The standard InChI is InChI=1S/C18H8Cl2N4O6/c19-7-3-1-5-9(23(27)28)11(7)15-13-14(18(26)21-15)16(22-17(13)25)12-8(20)4-2-6-10(12)24(29)30/h1-6,21,26H. The van der Waals surface area contributed by atoms with Crippen LogP contribution in [0.3, 0.4) is 0 Å². The van der Waals surface area contributed by atoms with Gasteiger partial charge in [0, 0.05) is 12.1 Å². The molecule has 4 rings (SSSR count). The summed E-state index contributed by atoms with van der Waals surface area (Å²) < 4.78 is 0. The highest BCUT2D eigenvalue weighted by atomic mass is 35.5. The molecular weight excluding hydrogens is 439 g/mol. The number of nitro benzene ring substituents is 2. The molecule has 2 heterocycles. The Balaban J connectivity index is 2.01. The fraction of sp³-hybridized carbons (Fsp3) is 0. The van der Waals surface area contributed by atoms with E-state index in [4.69, 9.17) is 23.2 Å². The summed E-state index contributed by atoms with van der Waals surface area (Å²) in [6.45, 7) is 0. The molecule has 0 bridgehead atoms. The third-order valence-corrected chi connectivity index (χ3v) is 5.14. The number of carbonyl (C=O) groups excluding carboxylic acids is 1. The Morgan fingerprint density at radius 3 is 1.97 bits per heavy atom. The number of rotatable bonds is 4. The number of aliphatic imine (C=N–C) groups is 1. The number of H-pyrrole nitrogens is 1. The van der Waals surface area contributed by atoms with Gasteiger partial charge in [-0.25, -0.2) is 4.99 Å². The van der Waals surface area contributed by atoms with Crippen LogP contribution in [0.15, 0.2) is 41.4 Å². The summed E-state index contributed by atoms with van der Waals surface area (Å²) in [6.07, 6.45) is 0. The third kappa shape index (κ3) is 2.81. The van der Waals surface area contributed by atoms with E-state index in [1.807, 2.05) is 0 Å². The highest BCUT2D eigenvalue weighted by molar-refractivity contribution is 6.40. The van der Waals surface area contributed by atoms with E-state index in [2.05, 4.69) is 9.98 Å². The molecule has 2 N–H and O–H groups in total. The zero-order valence-electron chi connectivity index (χ0n) is 14.6. The van der Waals surface area contributed by atoms with Crippen molar-refractivity contribution in [1.29, 1.82) is 0 Å². The number of carbonyl (C=O) groups is 1. The van der Waals surface area contributed by atoms with E-state index in [0.29, 0.717) is 0 Å². The lowest BCUT2D eigenvalue weighted by atomic mass is 9.98. The molecule has 10 nitrogen and oxygen atoms in total. The molecule has 3 aromatic rings. The highest BCUT2D eigenvalue weighted by Crippen LogP contribution is 2.45. The lowest BCUT2D eigenvalue weighted by Gasteiger charge is -2.05. The molecule has 0 unspecified atom stereocenters. The average molecular weight is 447 g/mol. The normalized spacial score (nSPS) is 12.6. The van der Waals surface area contributed by atoms with Crippen LogP contribution >= 0.6 is 23.2 Å². The van der Waals surface area contributed by atoms with Crippen LogP contribution in [0.5, 0.6) is 5.88 Å². The van der Waals surface area contributed by atoms with E-state index in [1.165, 1.54) is 36.4 Å². The minimum absolute atomic E-state index is 0.0433. The molecule has 1 aromatic heterocycles. The summed E-state index contributed by atoms with van der Waals surface area (Å²) in [5, 5.41) is 33.3. The van der Waals surface area contributed by atoms with Crippen LogP contribution in [0.2, 0.25) is 10.0 Å². The third-order valence-electron chi connectivity index (χ3n) is 4.51. The number of benzene rings is 2. The maximum absolute atomic E-state index is 12.7. The van der Waals surface area contributed by atoms with Crippen LogP contribution in [0, 0.1) is 20.2 Å². The van der Waals surface area contributed by atoms with Gasteiger partial charge in [0.25, 0.3) is 17.3 Å². The van der Waals surface area contributed by atoms with Gasteiger partial charge in [-0.1, -0.05) is 35.3 Å². The Hall–Kier alpha value is -3.76. The van der Waals surface area contributed by atoms with Crippen LogP contribution < -0.4 is 0 Å². The maximum Gasteiger partial charge on any atom is 0.280 e. The molecule has 30 heavy (non-hydrogen) atoms. The average Bonchev–Trinajstić information content (AvgIpc) is 3.19. The smallest absolute Gasteiger partial charge is 0.280 e. The SMILES string of the molecule is O=C1N=C(c2c(Cl)cccc2[N+](=O)[O-])c2c(O)[nH]c(-c3c(Cl)cccc3[N+](=O)[O-])c21. The lowest BCUT2D eigenvalue weighted by Crippen LogP contribution is -2.05. The molecule has 0 aliphatic carbocycles. The minimum atomic E-state index is -0.866. The molecule has 2 aromatic carbocycles. The molecular formula is C18H8Cl2N4O6. The van der Waals surface area contributed by atoms with Gasteiger partial charge < -0.3 is 10.1 Å². The van der Waals surface area contributed by atoms with Crippen molar-refractivity contribution in [2.24, 2.45) is 4.99 Å². The van der Waals surface area contributed by atoms with Gasteiger partial charge in [-0.05, 0) is 12.1 Å². The summed E-state index contributed by atoms with van der Waals surface area (Å²) in [6, 6.07) is 7.84. The molecule has 0 radical (unpaired) electrons. The van der Waals surface area contributed by atoms with E-state index in [1.54, 1.807) is 0 Å². The van der Waals surface area contributed by atoms with Crippen LogP contribution in [-0.2, 0) is 0 Å². The van der Waals surface area contributed by atoms with Crippen molar-refractivity contribution in [3.63, 3.8) is 0 Å². The second-order valence-electron chi connectivity index (χ2n) is 6.15. The number of nitrogens with zero attached hydrogens (tertiary/aromatic N) is 3. The Kier molecular flexibility index (Phi) is 4.52. The number of nitrogens with one attached hydrogen (secondary N) is 1. The number of aromatic nitrogens is 1. The van der Waals surface area contributed by atoms with Crippen molar-refractivity contribution in [1.82, 2.24) is 4.98 Å². The maximum atomic E-state index is 12.7. The van der Waals surface area contributed by atoms with Crippen LogP contribution in [-0.4, -0.2) is 31.6 Å². The zero-order chi connectivity index (χ0) is 21.7. The van der Waals surface area contributed by atoms with Crippen molar-refractivity contribution in [2.75, 3.05) is 0 Å². The van der Waals surface area contributed by atoms with Gasteiger partial charge in [0.05, 0.1) is 53.6 Å². The number of amides is 1. The lowest BCUT2D eigenvalue weighted by molar-refractivity contribution is -0.385. The minimum Gasteiger partial charge on any atom is -0.494 e. The van der Waals surface area contributed by atoms with Crippen molar-refractivity contribution in [3.05, 3.63) is 83.4 Å². The number of aromatic hydroxyl groups is 1.